The van der Waals surface area contributed by atoms with Crippen LogP contribution in [0.4, 0.5) is 5.69 Å². The Morgan fingerprint density at radius 3 is 2.42 bits per heavy atom. The van der Waals surface area contributed by atoms with Crippen LogP contribution in [0.3, 0.4) is 0 Å². The number of benzene rings is 3. The molecule has 9 heteroatoms. The van der Waals surface area contributed by atoms with Gasteiger partial charge in [0.05, 0.1) is 57.9 Å². The average Bonchev–Trinajstić information content (AvgIpc) is 3.72. The van der Waals surface area contributed by atoms with E-state index in [1.165, 1.54) is 15.8 Å². The maximum atomic E-state index is 13.6. The van der Waals surface area contributed by atoms with Gasteiger partial charge < -0.3 is 19.5 Å². The third-order valence-electron chi connectivity index (χ3n) is 10.9. The Balaban J connectivity index is 1.17. The monoisotopic (exact) mass is 667 g/mol. The Bertz CT molecular complexity index is 1590. The summed E-state index contributed by atoms with van der Waals surface area (Å²) < 4.78 is 12.3. The van der Waals surface area contributed by atoms with Gasteiger partial charge in [0.2, 0.25) is 11.8 Å². The van der Waals surface area contributed by atoms with Gasteiger partial charge in [0.15, 0.2) is 0 Å². The van der Waals surface area contributed by atoms with E-state index >= 15 is 0 Å². The highest BCUT2D eigenvalue weighted by Crippen LogP contribution is 2.47. The number of hydrogen-bond acceptors (Lipinski definition) is 6. The molecule has 1 N–H and O–H groups in total. The van der Waals surface area contributed by atoms with Crippen molar-refractivity contribution in [2.24, 2.45) is 11.0 Å². The normalized spacial score (nSPS) is 24.6. The van der Waals surface area contributed by atoms with Crippen molar-refractivity contribution >= 4 is 36.5 Å². The minimum atomic E-state index is -2.10. The maximum absolute atomic E-state index is 13.6. The third-order valence-corrected chi connectivity index (χ3v) is 15.3. The van der Waals surface area contributed by atoms with Crippen LogP contribution in [0.25, 0.3) is 0 Å². The van der Waals surface area contributed by atoms with Crippen LogP contribution in [-0.4, -0.2) is 74.1 Å². The number of amides is 2. The van der Waals surface area contributed by atoms with Crippen LogP contribution >= 0.6 is 0 Å². The van der Waals surface area contributed by atoms with E-state index in [1.807, 2.05) is 59.5 Å². The number of nitrogens with zero attached hydrogens (tertiary/aromatic N) is 3. The van der Waals surface area contributed by atoms with Gasteiger partial charge in [0, 0.05) is 19.4 Å². The van der Waals surface area contributed by atoms with Gasteiger partial charge in [-0.25, -0.2) is 5.01 Å². The molecular formula is C39H49N3O5Si. The van der Waals surface area contributed by atoms with Crippen LogP contribution in [0.15, 0.2) is 84.0 Å². The lowest BCUT2D eigenvalue weighted by atomic mass is 9.95. The lowest BCUT2D eigenvalue weighted by Crippen LogP contribution is -2.51. The minimum Gasteiger partial charge on any atom is -0.497 e. The van der Waals surface area contributed by atoms with Crippen LogP contribution < -0.4 is 14.9 Å². The maximum Gasteiger partial charge on any atom is 0.247 e. The number of methoxy groups -OCH3 is 1. The SMILES string of the molecule is COc1ccc([Si](C)(C)[C@@H]2[C@@H](C)[C@@H](CCc3ccc(N4N=C(c5ccccc5)CCC4=O)cc3)O[C@H]2CC(=O)N2CCC[C@H]2CO)cc1. The second kappa shape index (κ2) is 14.8. The van der Waals surface area contributed by atoms with Crippen LogP contribution in [0.1, 0.15) is 56.6 Å². The molecule has 8 nitrogen and oxygen atoms in total. The zero-order chi connectivity index (χ0) is 33.8. The predicted molar refractivity (Wildman–Crippen MR) is 193 cm³/mol. The van der Waals surface area contributed by atoms with E-state index in [0.29, 0.717) is 25.8 Å². The second-order valence-corrected chi connectivity index (χ2v) is 18.8. The molecule has 3 aliphatic heterocycles. The number of aryl methyl sites for hydroxylation is 1. The zero-order valence-electron chi connectivity index (χ0n) is 28.7. The van der Waals surface area contributed by atoms with E-state index in [-0.39, 0.29) is 48.1 Å². The summed E-state index contributed by atoms with van der Waals surface area (Å²) >= 11 is 0. The number of likely N-dealkylation sites (tertiary alicyclic amines) is 1. The fraction of sp³-hybridized carbons (Fsp3) is 0.462. The summed E-state index contributed by atoms with van der Waals surface area (Å²) in [6.45, 7) is 7.82. The summed E-state index contributed by atoms with van der Waals surface area (Å²) in [6.07, 6.45) is 4.73. The first kappa shape index (κ1) is 34.1. The number of ether oxygens (including phenoxy) is 2. The molecule has 2 fully saturated rings. The van der Waals surface area contributed by atoms with Crippen LogP contribution in [0, 0.1) is 5.92 Å². The van der Waals surface area contributed by atoms with Crippen LogP contribution in [-0.2, 0) is 20.7 Å². The smallest absolute Gasteiger partial charge is 0.247 e. The summed E-state index contributed by atoms with van der Waals surface area (Å²) in [6, 6.07) is 26.5. The Morgan fingerprint density at radius 1 is 1.00 bits per heavy atom. The van der Waals surface area contributed by atoms with Crippen molar-refractivity contribution in [3.05, 3.63) is 90.0 Å². The standard InChI is InChI=1S/C39H49N3O5Si/c1-27-35(22-14-28-12-15-30(16-13-28)42-37(44)23-21-34(40-42)29-9-6-5-7-10-29)47-36(25-38(45)41-24-8-11-31(41)26-43)39(27)48(3,4)33-19-17-32(46-2)18-20-33/h5-7,9-10,12-13,15-20,27,31,35-36,39,43H,8,11,14,21-26H2,1-4H3/t27-,31-,35+,36-,39+/m0/s1. The van der Waals surface area contributed by atoms with Gasteiger partial charge in [0.1, 0.15) is 5.75 Å². The van der Waals surface area contributed by atoms with Crippen molar-refractivity contribution in [2.75, 3.05) is 25.3 Å². The lowest BCUT2D eigenvalue weighted by Gasteiger charge is -2.36. The number of carbonyl (C=O) groups is 2. The van der Waals surface area contributed by atoms with E-state index in [2.05, 4.69) is 44.3 Å². The molecule has 6 rings (SSSR count). The number of carbonyl (C=O) groups excluding carboxylic acids is 2. The molecule has 3 aromatic rings. The predicted octanol–water partition coefficient (Wildman–Crippen LogP) is 5.92. The number of aliphatic hydroxyl groups is 1. The summed E-state index contributed by atoms with van der Waals surface area (Å²) in [7, 11) is -0.418. The van der Waals surface area contributed by atoms with Crippen molar-refractivity contribution < 1.29 is 24.2 Å². The number of hydrazone groups is 1. The van der Waals surface area contributed by atoms with Gasteiger partial charge in [-0.15, -0.1) is 0 Å². The zero-order valence-corrected chi connectivity index (χ0v) is 29.7. The summed E-state index contributed by atoms with van der Waals surface area (Å²) in [5.74, 6) is 1.21. The fourth-order valence-electron chi connectivity index (χ4n) is 8.19. The van der Waals surface area contributed by atoms with E-state index in [1.54, 1.807) is 7.11 Å². The average molecular weight is 668 g/mol. The summed E-state index contributed by atoms with van der Waals surface area (Å²) in [5, 5.41) is 17.5. The molecule has 3 heterocycles. The van der Waals surface area contributed by atoms with Gasteiger partial charge in [-0.2, -0.15) is 5.10 Å². The highest BCUT2D eigenvalue weighted by atomic mass is 28.3. The number of aliphatic hydroxyl groups excluding tert-OH is 1. The highest BCUT2D eigenvalue weighted by Gasteiger charge is 2.51. The first-order valence-electron chi connectivity index (χ1n) is 17.4. The first-order chi connectivity index (χ1) is 23.2. The van der Waals surface area contributed by atoms with Gasteiger partial charge >= 0.3 is 0 Å². The Morgan fingerprint density at radius 2 is 1.73 bits per heavy atom. The van der Waals surface area contributed by atoms with Gasteiger partial charge in [-0.05, 0) is 72.5 Å². The molecule has 254 valence electrons. The molecule has 0 unspecified atom stereocenters. The Labute approximate surface area is 285 Å². The molecule has 0 bridgehead atoms. The molecule has 2 saturated heterocycles. The van der Waals surface area contributed by atoms with E-state index in [0.717, 1.165) is 48.4 Å². The number of anilines is 1. The van der Waals surface area contributed by atoms with Crippen LogP contribution in [0.2, 0.25) is 18.6 Å². The quantitative estimate of drug-likeness (QED) is 0.257. The van der Waals surface area contributed by atoms with Crippen molar-refractivity contribution in [1.82, 2.24) is 4.90 Å². The molecule has 0 radical (unpaired) electrons. The van der Waals surface area contributed by atoms with Crippen molar-refractivity contribution in [3.63, 3.8) is 0 Å². The molecule has 2 amide bonds. The molecule has 5 atom stereocenters. The van der Waals surface area contributed by atoms with E-state index in [9.17, 15) is 14.7 Å². The minimum absolute atomic E-state index is 0.00474. The Hall–Kier alpha value is -3.79. The molecule has 0 aromatic heterocycles. The molecule has 48 heavy (non-hydrogen) atoms. The number of hydrogen-bond donors (Lipinski definition) is 1. The van der Waals surface area contributed by atoms with Crippen molar-refractivity contribution in [3.8, 4) is 5.75 Å². The van der Waals surface area contributed by atoms with Crippen molar-refractivity contribution in [1.29, 1.82) is 0 Å². The van der Waals surface area contributed by atoms with Gasteiger partial charge in [-0.3, -0.25) is 9.59 Å². The summed E-state index contributed by atoms with van der Waals surface area (Å²) in [4.78, 5) is 28.3. The molecule has 0 spiro atoms. The van der Waals surface area contributed by atoms with Gasteiger partial charge in [0.25, 0.3) is 0 Å². The molecular weight excluding hydrogens is 619 g/mol. The highest BCUT2D eigenvalue weighted by molar-refractivity contribution is 6.91. The second-order valence-electron chi connectivity index (χ2n) is 14.1. The first-order valence-corrected chi connectivity index (χ1v) is 20.5. The summed E-state index contributed by atoms with van der Waals surface area (Å²) in [5.41, 5.74) is 4.17. The number of rotatable bonds is 11. The Kier molecular flexibility index (Phi) is 10.5. The molecule has 3 aromatic carbocycles. The lowest BCUT2D eigenvalue weighted by molar-refractivity contribution is -0.135. The largest absolute Gasteiger partial charge is 0.497 e. The fourth-order valence-corrected chi connectivity index (χ4v) is 12.3. The third kappa shape index (κ3) is 7.14. The molecule has 0 saturated carbocycles. The van der Waals surface area contributed by atoms with E-state index in [4.69, 9.17) is 14.6 Å². The molecule has 3 aliphatic rings. The van der Waals surface area contributed by atoms with Crippen molar-refractivity contribution in [2.45, 2.75) is 88.8 Å². The topological polar surface area (TPSA) is 91.7 Å². The van der Waals surface area contributed by atoms with Crippen LogP contribution in [0.5, 0.6) is 5.75 Å². The van der Waals surface area contributed by atoms with Gasteiger partial charge in [-0.1, -0.05) is 79.8 Å². The van der Waals surface area contributed by atoms with E-state index < -0.39 is 8.07 Å². The molecule has 0 aliphatic carbocycles.